The number of rotatable bonds is 3. The summed E-state index contributed by atoms with van der Waals surface area (Å²) in [6.45, 7) is 0.785. The molecular formula is C18H15N5. The summed E-state index contributed by atoms with van der Waals surface area (Å²) < 4.78 is 0. The summed E-state index contributed by atoms with van der Waals surface area (Å²) in [6, 6.07) is 9.87. The van der Waals surface area contributed by atoms with Crippen LogP contribution >= 0.6 is 0 Å². The van der Waals surface area contributed by atoms with Crippen molar-refractivity contribution in [1.82, 2.24) is 20.2 Å². The number of nitrogens with one attached hydrogen (secondary N) is 1. The van der Waals surface area contributed by atoms with E-state index >= 15 is 0 Å². The Morgan fingerprint density at radius 1 is 1.04 bits per heavy atom. The molecule has 0 radical (unpaired) electrons. The van der Waals surface area contributed by atoms with Crippen molar-refractivity contribution < 1.29 is 0 Å². The second-order valence-corrected chi connectivity index (χ2v) is 5.16. The van der Waals surface area contributed by atoms with Crippen molar-refractivity contribution in [2.24, 2.45) is 0 Å². The van der Waals surface area contributed by atoms with Gasteiger partial charge in [0.15, 0.2) is 0 Å². The summed E-state index contributed by atoms with van der Waals surface area (Å²) in [5.41, 5.74) is 4.95. The fourth-order valence-corrected chi connectivity index (χ4v) is 2.70. The highest BCUT2D eigenvalue weighted by Gasteiger charge is 2.20. The fraction of sp³-hybridized carbons (Fsp3) is 0.0556. The number of aromatic nitrogens is 4. The maximum absolute atomic E-state index is 4.42. The molecule has 3 aromatic heterocycles. The molecule has 0 atom stereocenters. The Morgan fingerprint density at radius 3 is 2.78 bits per heavy atom. The van der Waals surface area contributed by atoms with Crippen molar-refractivity contribution in [3.8, 4) is 11.4 Å². The van der Waals surface area contributed by atoms with Crippen LogP contribution < -0.4 is 4.90 Å². The Morgan fingerprint density at radius 2 is 1.96 bits per heavy atom. The molecule has 1 aliphatic rings. The highest BCUT2D eigenvalue weighted by Crippen LogP contribution is 2.33. The van der Waals surface area contributed by atoms with Crippen molar-refractivity contribution in [3.05, 3.63) is 78.9 Å². The van der Waals surface area contributed by atoms with Gasteiger partial charge in [-0.3, -0.25) is 15.1 Å². The number of hydrogen-bond acceptors (Lipinski definition) is 4. The molecule has 1 N–H and O–H groups in total. The zero-order valence-corrected chi connectivity index (χ0v) is 12.4. The molecule has 5 heteroatoms. The summed E-state index contributed by atoms with van der Waals surface area (Å²) in [4.78, 5) is 10.7. The van der Waals surface area contributed by atoms with Crippen molar-refractivity contribution >= 4 is 11.4 Å². The highest BCUT2D eigenvalue weighted by atomic mass is 15.2. The van der Waals surface area contributed by atoms with Crippen LogP contribution in [0.5, 0.6) is 0 Å². The third kappa shape index (κ3) is 2.53. The molecule has 0 aromatic carbocycles. The monoisotopic (exact) mass is 301 g/mol. The molecule has 5 nitrogen and oxygen atoms in total. The van der Waals surface area contributed by atoms with Gasteiger partial charge in [-0.05, 0) is 30.3 Å². The molecule has 0 aliphatic carbocycles. The molecule has 0 spiro atoms. The molecule has 4 heterocycles. The van der Waals surface area contributed by atoms with Gasteiger partial charge >= 0.3 is 0 Å². The number of nitrogens with zero attached hydrogens (tertiary/aromatic N) is 4. The van der Waals surface area contributed by atoms with E-state index in [-0.39, 0.29) is 0 Å². The number of anilines is 1. The van der Waals surface area contributed by atoms with Gasteiger partial charge in [-0.1, -0.05) is 18.2 Å². The minimum absolute atomic E-state index is 0.785. The van der Waals surface area contributed by atoms with Crippen LogP contribution in [0.1, 0.15) is 5.56 Å². The van der Waals surface area contributed by atoms with Gasteiger partial charge in [-0.15, -0.1) is 0 Å². The van der Waals surface area contributed by atoms with Gasteiger partial charge in [0, 0.05) is 42.6 Å². The first-order valence-electron chi connectivity index (χ1n) is 7.43. The SMILES string of the molecule is C1=CCN(c2c[nH]nc2-c2ccccn2)C(c2ccncc2)=C1. The number of pyridine rings is 2. The summed E-state index contributed by atoms with van der Waals surface area (Å²) in [7, 11) is 0. The molecule has 0 amide bonds. The molecule has 3 aromatic rings. The molecule has 4 rings (SSSR count). The van der Waals surface area contributed by atoms with Gasteiger partial charge in [0.05, 0.1) is 11.4 Å². The highest BCUT2D eigenvalue weighted by molar-refractivity contribution is 5.86. The van der Waals surface area contributed by atoms with Crippen molar-refractivity contribution in [2.45, 2.75) is 0 Å². The lowest BCUT2D eigenvalue weighted by molar-refractivity contribution is 1.08. The average molecular weight is 301 g/mol. The minimum Gasteiger partial charge on any atom is -0.334 e. The molecule has 0 fully saturated rings. The zero-order chi connectivity index (χ0) is 15.5. The normalized spacial score (nSPS) is 13.9. The molecule has 23 heavy (non-hydrogen) atoms. The molecule has 0 saturated heterocycles. The Labute approximate surface area is 134 Å². The molecule has 0 bridgehead atoms. The lowest BCUT2D eigenvalue weighted by Crippen LogP contribution is -2.23. The van der Waals surface area contributed by atoms with Gasteiger partial charge in [-0.25, -0.2) is 0 Å². The van der Waals surface area contributed by atoms with E-state index in [1.165, 1.54) is 0 Å². The van der Waals surface area contributed by atoms with Crippen LogP contribution in [0.2, 0.25) is 0 Å². The second kappa shape index (κ2) is 5.88. The van der Waals surface area contributed by atoms with E-state index in [9.17, 15) is 0 Å². The number of allylic oxidation sites excluding steroid dienone is 2. The van der Waals surface area contributed by atoms with E-state index in [4.69, 9.17) is 0 Å². The molecule has 1 aliphatic heterocycles. The largest absolute Gasteiger partial charge is 0.334 e. The summed E-state index contributed by atoms with van der Waals surface area (Å²) in [5.74, 6) is 0. The smallest absolute Gasteiger partial charge is 0.134 e. The van der Waals surface area contributed by atoms with Gasteiger partial charge in [0.2, 0.25) is 0 Å². The van der Waals surface area contributed by atoms with Crippen LogP contribution in [-0.4, -0.2) is 26.7 Å². The Hall–Kier alpha value is -3.21. The van der Waals surface area contributed by atoms with Crippen molar-refractivity contribution in [2.75, 3.05) is 11.4 Å². The van der Waals surface area contributed by atoms with Crippen molar-refractivity contribution in [1.29, 1.82) is 0 Å². The first-order chi connectivity index (χ1) is 11.4. The van der Waals surface area contributed by atoms with Crippen LogP contribution in [0.3, 0.4) is 0 Å². The predicted molar refractivity (Wildman–Crippen MR) is 90.5 cm³/mol. The average Bonchev–Trinajstić information content (AvgIpc) is 3.13. The van der Waals surface area contributed by atoms with E-state index in [1.807, 2.05) is 48.9 Å². The lowest BCUT2D eigenvalue weighted by Gasteiger charge is -2.28. The van der Waals surface area contributed by atoms with E-state index in [1.54, 1.807) is 6.20 Å². The number of aromatic amines is 1. The van der Waals surface area contributed by atoms with Gasteiger partial charge < -0.3 is 4.90 Å². The van der Waals surface area contributed by atoms with E-state index in [0.29, 0.717) is 0 Å². The third-order valence-corrected chi connectivity index (χ3v) is 3.76. The fourth-order valence-electron chi connectivity index (χ4n) is 2.70. The molecule has 0 unspecified atom stereocenters. The Kier molecular flexibility index (Phi) is 3.44. The molecular weight excluding hydrogens is 286 g/mol. The van der Waals surface area contributed by atoms with Crippen LogP contribution in [0.15, 0.2) is 73.3 Å². The lowest BCUT2D eigenvalue weighted by atomic mass is 10.1. The summed E-state index contributed by atoms with van der Waals surface area (Å²) >= 11 is 0. The van der Waals surface area contributed by atoms with Gasteiger partial charge in [0.1, 0.15) is 5.69 Å². The van der Waals surface area contributed by atoms with Crippen LogP contribution in [-0.2, 0) is 0 Å². The molecule has 0 saturated carbocycles. The second-order valence-electron chi connectivity index (χ2n) is 5.16. The van der Waals surface area contributed by atoms with E-state index in [0.717, 1.165) is 34.9 Å². The predicted octanol–water partition coefficient (Wildman–Crippen LogP) is 3.28. The van der Waals surface area contributed by atoms with Gasteiger partial charge in [0.25, 0.3) is 0 Å². The third-order valence-electron chi connectivity index (χ3n) is 3.76. The number of H-pyrrole nitrogens is 1. The van der Waals surface area contributed by atoms with Crippen molar-refractivity contribution in [3.63, 3.8) is 0 Å². The quantitative estimate of drug-likeness (QED) is 0.806. The topological polar surface area (TPSA) is 57.7 Å². The van der Waals surface area contributed by atoms with E-state index < -0.39 is 0 Å². The maximum Gasteiger partial charge on any atom is 0.134 e. The Balaban J connectivity index is 1.78. The molecule has 112 valence electrons. The van der Waals surface area contributed by atoms with Crippen LogP contribution in [0.25, 0.3) is 17.1 Å². The first kappa shape index (κ1) is 13.5. The first-order valence-corrected chi connectivity index (χ1v) is 7.43. The number of hydrogen-bond donors (Lipinski definition) is 1. The summed E-state index contributed by atoms with van der Waals surface area (Å²) in [5, 5.41) is 7.37. The van der Waals surface area contributed by atoms with E-state index in [2.05, 4.69) is 43.3 Å². The zero-order valence-electron chi connectivity index (χ0n) is 12.4. The maximum atomic E-state index is 4.42. The standard InChI is InChI=1S/C18H15N5/c1-3-9-20-15(5-1)18-17(13-21-22-18)23-12-4-2-6-16(23)14-7-10-19-11-8-14/h1-11,13H,12H2,(H,21,22). The van der Waals surface area contributed by atoms with Crippen LogP contribution in [0, 0.1) is 0 Å². The summed E-state index contributed by atoms with van der Waals surface area (Å²) in [6.07, 6.45) is 13.6. The minimum atomic E-state index is 0.785. The van der Waals surface area contributed by atoms with Crippen LogP contribution in [0.4, 0.5) is 5.69 Å². The Bertz CT molecular complexity index is 849. The van der Waals surface area contributed by atoms with Gasteiger partial charge in [-0.2, -0.15) is 5.10 Å².